The molecule has 0 aromatic heterocycles. The Kier molecular flexibility index (Phi) is 4.94. The van der Waals surface area contributed by atoms with Crippen molar-refractivity contribution >= 4 is 15.8 Å². The number of carbonyl (C=O) groups excluding carboxylic acids is 1. The van der Waals surface area contributed by atoms with Gasteiger partial charge in [-0.25, -0.2) is 8.42 Å². The lowest BCUT2D eigenvalue weighted by Crippen LogP contribution is -2.51. The van der Waals surface area contributed by atoms with Gasteiger partial charge in [0.2, 0.25) is 10.0 Å². The van der Waals surface area contributed by atoms with E-state index in [9.17, 15) is 13.2 Å². The van der Waals surface area contributed by atoms with Gasteiger partial charge >= 0.3 is 0 Å². The van der Waals surface area contributed by atoms with Crippen LogP contribution in [0.1, 0.15) is 26.2 Å². The molecule has 2 fully saturated rings. The second-order valence-electron chi connectivity index (χ2n) is 5.16. The number of ketones is 1. The van der Waals surface area contributed by atoms with E-state index < -0.39 is 10.0 Å². The van der Waals surface area contributed by atoms with Crippen LogP contribution < -0.4 is 0 Å². The molecule has 2 heterocycles. The number of Topliss-reactive ketones (excluding diaryl/α,β-unsaturated/α-hetero) is 1. The zero-order chi connectivity index (χ0) is 13.9. The number of nitrogens with zero attached hydrogens (tertiary/aromatic N) is 1. The fourth-order valence-corrected chi connectivity index (χ4v) is 4.47. The standard InChI is InChI=1S/C12H21NO5S/c1-10(14)7-11-8-17-6-4-13(11)19(15,16)9-12-3-2-5-18-12/h11-12H,2-9H2,1H3/t11-,12+/m0/s1. The van der Waals surface area contributed by atoms with Gasteiger partial charge in [-0.05, 0) is 19.8 Å². The molecule has 6 nitrogen and oxygen atoms in total. The Morgan fingerprint density at radius 3 is 2.79 bits per heavy atom. The van der Waals surface area contributed by atoms with Crippen molar-refractivity contribution in [1.29, 1.82) is 0 Å². The van der Waals surface area contributed by atoms with Gasteiger partial charge in [0, 0.05) is 19.6 Å². The van der Waals surface area contributed by atoms with Crippen LogP contribution in [-0.2, 0) is 24.3 Å². The van der Waals surface area contributed by atoms with Crippen LogP contribution in [0.15, 0.2) is 0 Å². The summed E-state index contributed by atoms with van der Waals surface area (Å²) in [5.41, 5.74) is 0. The molecule has 0 aromatic rings. The average molecular weight is 291 g/mol. The molecule has 2 aliphatic heterocycles. The maximum Gasteiger partial charge on any atom is 0.217 e. The third-order valence-corrected chi connectivity index (χ3v) is 5.46. The van der Waals surface area contributed by atoms with E-state index in [2.05, 4.69) is 0 Å². The van der Waals surface area contributed by atoms with Gasteiger partial charge in [-0.2, -0.15) is 4.31 Å². The van der Waals surface area contributed by atoms with Crippen molar-refractivity contribution in [3.63, 3.8) is 0 Å². The molecule has 7 heteroatoms. The fraction of sp³-hybridized carbons (Fsp3) is 0.917. The third kappa shape index (κ3) is 3.98. The van der Waals surface area contributed by atoms with Gasteiger partial charge in [0.05, 0.1) is 31.1 Å². The molecule has 0 spiro atoms. The maximum atomic E-state index is 12.4. The molecule has 0 aliphatic carbocycles. The average Bonchev–Trinajstić information content (AvgIpc) is 2.80. The first-order chi connectivity index (χ1) is 8.99. The van der Waals surface area contributed by atoms with Gasteiger partial charge in [0.15, 0.2) is 0 Å². The van der Waals surface area contributed by atoms with Crippen molar-refractivity contribution in [2.24, 2.45) is 0 Å². The molecule has 0 radical (unpaired) electrons. The van der Waals surface area contributed by atoms with Crippen LogP contribution in [-0.4, -0.2) is 62.8 Å². The van der Waals surface area contributed by atoms with Crippen LogP contribution in [0.2, 0.25) is 0 Å². The monoisotopic (exact) mass is 291 g/mol. The fourth-order valence-electron chi connectivity index (χ4n) is 2.60. The summed E-state index contributed by atoms with van der Waals surface area (Å²) < 4.78 is 36.9. The number of hydrogen-bond donors (Lipinski definition) is 0. The van der Waals surface area contributed by atoms with Gasteiger partial charge in [-0.15, -0.1) is 0 Å². The smallest absolute Gasteiger partial charge is 0.217 e. The van der Waals surface area contributed by atoms with Crippen LogP contribution in [0.5, 0.6) is 0 Å². The van der Waals surface area contributed by atoms with Crippen LogP contribution in [0.4, 0.5) is 0 Å². The Bertz CT molecular complexity index is 416. The summed E-state index contributed by atoms with van der Waals surface area (Å²) >= 11 is 0. The van der Waals surface area contributed by atoms with Crippen molar-refractivity contribution < 1.29 is 22.7 Å². The van der Waals surface area contributed by atoms with E-state index >= 15 is 0 Å². The summed E-state index contributed by atoms with van der Waals surface area (Å²) in [4.78, 5) is 11.2. The first-order valence-corrected chi connectivity index (χ1v) is 8.28. The molecular weight excluding hydrogens is 270 g/mol. The Morgan fingerprint density at radius 1 is 1.37 bits per heavy atom. The van der Waals surface area contributed by atoms with Crippen LogP contribution >= 0.6 is 0 Å². The lowest BCUT2D eigenvalue weighted by Gasteiger charge is -2.34. The summed E-state index contributed by atoms with van der Waals surface area (Å²) in [5.74, 6) is -0.00526. The number of sulfonamides is 1. The highest BCUT2D eigenvalue weighted by Gasteiger charge is 2.35. The molecule has 2 aliphatic rings. The summed E-state index contributed by atoms with van der Waals surface area (Å²) in [6.45, 7) is 3.12. The summed E-state index contributed by atoms with van der Waals surface area (Å²) in [7, 11) is -3.39. The molecule has 0 bridgehead atoms. The minimum atomic E-state index is -3.39. The lowest BCUT2D eigenvalue weighted by molar-refractivity contribution is -0.118. The van der Waals surface area contributed by atoms with Gasteiger partial charge in [-0.1, -0.05) is 0 Å². The van der Waals surface area contributed by atoms with Crippen LogP contribution in [0.3, 0.4) is 0 Å². The quantitative estimate of drug-likeness (QED) is 0.722. The van der Waals surface area contributed by atoms with Gasteiger partial charge in [0.1, 0.15) is 5.78 Å². The molecule has 0 unspecified atom stereocenters. The van der Waals surface area contributed by atoms with E-state index in [1.165, 1.54) is 11.2 Å². The van der Waals surface area contributed by atoms with Crippen molar-refractivity contribution in [2.45, 2.75) is 38.3 Å². The van der Waals surface area contributed by atoms with Crippen LogP contribution in [0.25, 0.3) is 0 Å². The van der Waals surface area contributed by atoms with E-state index in [-0.39, 0.29) is 30.1 Å². The Morgan fingerprint density at radius 2 is 2.16 bits per heavy atom. The lowest BCUT2D eigenvalue weighted by atomic mass is 10.1. The summed E-state index contributed by atoms with van der Waals surface area (Å²) in [6.07, 6.45) is 1.72. The largest absolute Gasteiger partial charge is 0.378 e. The molecule has 0 saturated carbocycles. The molecule has 0 aromatic carbocycles. The van der Waals surface area contributed by atoms with Crippen molar-refractivity contribution in [1.82, 2.24) is 4.31 Å². The van der Waals surface area contributed by atoms with Gasteiger partial charge in [0.25, 0.3) is 0 Å². The van der Waals surface area contributed by atoms with Crippen molar-refractivity contribution in [3.05, 3.63) is 0 Å². The zero-order valence-electron chi connectivity index (χ0n) is 11.2. The molecular formula is C12H21NO5S. The molecule has 2 saturated heterocycles. The SMILES string of the molecule is CC(=O)C[C@H]1COCCN1S(=O)(=O)C[C@H]1CCCO1. The Labute approximate surface area is 114 Å². The number of morpholine rings is 1. The minimum absolute atomic E-state index is 0.0153. The number of ether oxygens (including phenoxy) is 2. The third-order valence-electron chi connectivity index (χ3n) is 3.47. The topological polar surface area (TPSA) is 72.9 Å². The molecule has 2 atom stereocenters. The number of carbonyl (C=O) groups is 1. The number of rotatable bonds is 5. The number of hydrogen-bond acceptors (Lipinski definition) is 5. The zero-order valence-corrected chi connectivity index (χ0v) is 12.0. The molecule has 0 N–H and O–H groups in total. The van der Waals surface area contributed by atoms with Crippen molar-refractivity contribution in [2.75, 3.05) is 32.1 Å². The highest BCUT2D eigenvalue weighted by atomic mass is 32.2. The summed E-state index contributed by atoms with van der Waals surface area (Å²) in [6, 6.07) is -0.363. The highest BCUT2D eigenvalue weighted by Crippen LogP contribution is 2.20. The van der Waals surface area contributed by atoms with Crippen molar-refractivity contribution in [3.8, 4) is 0 Å². The second kappa shape index (κ2) is 6.30. The molecule has 19 heavy (non-hydrogen) atoms. The van der Waals surface area contributed by atoms with Gasteiger partial charge in [-0.3, -0.25) is 4.79 Å². The molecule has 0 amide bonds. The van der Waals surface area contributed by atoms with E-state index in [0.29, 0.717) is 26.4 Å². The predicted molar refractivity (Wildman–Crippen MR) is 69.4 cm³/mol. The first-order valence-electron chi connectivity index (χ1n) is 6.67. The normalized spacial score (nSPS) is 29.5. The molecule has 110 valence electrons. The van der Waals surface area contributed by atoms with Gasteiger partial charge < -0.3 is 9.47 Å². The van der Waals surface area contributed by atoms with E-state index in [0.717, 1.165) is 12.8 Å². The van der Waals surface area contributed by atoms with E-state index in [4.69, 9.17) is 9.47 Å². The maximum absolute atomic E-state index is 12.4. The van der Waals surface area contributed by atoms with Crippen LogP contribution in [0, 0.1) is 0 Å². The minimum Gasteiger partial charge on any atom is -0.378 e. The summed E-state index contributed by atoms with van der Waals surface area (Å²) in [5, 5.41) is 0. The second-order valence-corrected chi connectivity index (χ2v) is 7.13. The molecule has 2 rings (SSSR count). The Hall–Kier alpha value is -0.500. The first kappa shape index (κ1) is 14.9. The predicted octanol–water partition coefficient (Wildman–Crippen LogP) is 0.175. The Balaban J connectivity index is 2.04. The van der Waals surface area contributed by atoms with E-state index in [1.54, 1.807) is 0 Å². The van der Waals surface area contributed by atoms with E-state index in [1.807, 2.05) is 0 Å². The highest BCUT2D eigenvalue weighted by molar-refractivity contribution is 7.89.